The molecule has 0 aromatic heterocycles. The van der Waals surface area contributed by atoms with Crippen molar-refractivity contribution in [1.29, 1.82) is 0 Å². The molecule has 0 spiro atoms. The fourth-order valence-electron chi connectivity index (χ4n) is 0.732. The predicted molar refractivity (Wildman–Crippen MR) is 51.6 cm³/mol. The molecule has 0 atom stereocenters. The average Bonchev–Trinajstić information content (AvgIpc) is 2.18. The highest BCUT2D eigenvalue weighted by atomic mass is 16.5. The summed E-state index contributed by atoms with van der Waals surface area (Å²) < 4.78 is 9.28. The first-order chi connectivity index (χ1) is 6.81. The topological polar surface area (TPSA) is 52.6 Å². The summed E-state index contributed by atoms with van der Waals surface area (Å²) in [5.74, 6) is -0.249. The Labute approximate surface area is 83.9 Å². The molecule has 0 radical (unpaired) electrons. The second-order valence-electron chi connectivity index (χ2n) is 2.68. The van der Waals surface area contributed by atoms with Crippen LogP contribution in [0.3, 0.4) is 0 Å². The maximum absolute atomic E-state index is 11.0. The Morgan fingerprint density at radius 1 is 1.36 bits per heavy atom. The Kier molecular flexibility index (Phi) is 8.84. The number of unbranched alkanes of at least 4 members (excludes halogenated alkanes) is 1. The summed E-state index contributed by atoms with van der Waals surface area (Å²) >= 11 is 0. The Hall–Kier alpha value is -1.32. The van der Waals surface area contributed by atoms with Gasteiger partial charge in [0.2, 0.25) is 0 Å². The molecule has 0 aromatic rings. The highest BCUT2D eigenvalue weighted by molar-refractivity contribution is 5.71. The van der Waals surface area contributed by atoms with Gasteiger partial charge in [0.1, 0.15) is 6.61 Å². The lowest BCUT2D eigenvalue weighted by Gasteiger charge is -2.00. The van der Waals surface area contributed by atoms with Crippen molar-refractivity contribution in [3.63, 3.8) is 0 Å². The normalized spacial score (nSPS) is 10.1. The molecule has 0 amide bonds. The molecule has 0 bridgehead atoms. The zero-order valence-electron chi connectivity index (χ0n) is 8.40. The third kappa shape index (κ3) is 8.77. The van der Waals surface area contributed by atoms with Crippen molar-refractivity contribution in [2.24, 2.45) is 0 Å². The number of rotatable bonds is 8. The van der Waals surface area contributed by atoms with Gasteiger partial charge in [-0.3, -0.25) is 9.59 Å². The minimum Gasteiger partial charge on any atom is -0.465 e. The van der Waals surface area contributed by atoms with E-state index in [9.17, 15) is 9.59 Å². The summed E-state index contributed by atoms with van der Waals surface area (Å²) in [5, 5.41) is 0. The quantitative estimate of drug-likeness (QED) is 0.257. The van der Waals surface area contributed by atoms with Gasteiger partial charge in [0, 0.05) is 0 Å². The summed E-state index contributed by atoms with van der Waals surface area (Å²) in [7, 11) is 0. The van der Waals surface area contributed by atoms with E-state index in [2.05, 4.69) is 4.74 Å². The molecule has 0 aliphatic heterocycles. The second kappa shape index (κ2) is 9.77. The summed E-state index contributed by atoms with van der Waals surface area (Å²) in [5.41, 5.74) is 0. The molecular weight excluding hydrogens is 184 g/mol. The molecule has 4 heteroatoms. The van der Waals surface area contributed by atoms with E-state index in [1.165, 1.54) is 0 Å². The van der Waals surface area contributed by atoms with E-state index in [1.807, 2.05) is 6.92 Å². The van der Waals surface area contributed by atoms with Crippen molar-refractivity contribution in [3.05, 3.63) is 12.2 Å². The van der Waals surface area contributed by atoms with Crippen LogP contribution in [-0.2, 0) is 19.1 Å². The van der Waals surface area contributed by atoms with Crippen LogP contribution in [-0.4, -0.2) is 25.7 Å². The Morgan fingerprint density at radius 3 is 2.79 bits per heavy atom. The van der Waals surface area contributed by atoms with Crippen molar-refractivity contribution >= 4 is 12.4 Å². The maximum atomic E-state index is 11.0. The van der Waals surface area contributed by atoms with Gasteiger partial charge < -0.3 is 9.47 Å². The van der Waals surface area contributed by atoms with Crippen molar-refractivity contribution in [2.45, 2.75) is 26.2 Å². The van der Waals surface area contributed by atoms with Gasteiger partial charge in [-0.1, -0.05) is 25.5 Å². The lowest BCUT2D eigenvalue weighted by molar-refractivity contribution is -0.142. The third-order valence-corrected chi connectivity index (χ3v) is 1.47. The van der Waals surface area contributed by atoms with E-state index in [0.717, 1.165) is 12.8 Å². The lowest BCUT2D eigenvalue weighted by atomic mass is 10.3. The van der Waals surface area contributed by atoms with E-state index in [1.54, 1.807) is 12.2 Å². The number of esters is 1. The molecule has 0 fully saturated rings. The van der Waals surface area contributed by atoms with E-state index >= 15 is 0 Å². The van der Waals surface area contributed by atoms with Gasteiger partial charge in [0.15, 0.2) is 0 Å². The minimum atomic E-state index is -0.249. The summed E-state index contributed by atoms with van der Waals surface area (Å²) in [6.07, 6.45) is 5.36. The predicted octanol–water partition coefficient (Wildman–Crippen LogP) is 1.45. The summed E-state index contributed by atoms with van der Waals surface area (Å²) in [6, 6.07) is 0. The molecule has 0 aliphatic rings. The monoisotopic (exact) mass is 200 g/mol. The van der Waals surface area contributed by atoms with Crippen LogP contribution < -0.4 is 0 Å². The van der Waals surface area contributed by atoms with Crippen LogP contribution in [0.4, 0.5) is 0 Å². The molecule has 14 heavy (non-hydrogen) atoms. The number of carbonyl (C=O) groups is 2. The SMILES string of the molecule is CCCCOC(=O)CC=CCOC=O. The first kappa shape index (κ1) is 12.7. The Bertz CT molecular complexity index is 187. The molecular formula is C10H16O4. The van der Waals surface area contributed by atoms with Crippen LogP contribution >= 0.6 is 0 Å². The van der Waals surface area contributed by atoms with Crippen molar-refractivity contribution < 1.29 is 19.1 Å². The zero-order chi connectivity index (χ0) is 10.6. The molecule has 0 N–H and O–H groups in total. The van der Waals surface area contributed by atoms with Gasteiger partial charge in [0.25, 0.3) is 6.47 Å². The van der Waals surface area contributed by atoms with E-state index in [-0.39, 0.29) is 19.0 Å². The van der Waals surface area contributed by atoms with Crippen LogP contribution in [0, 0.1) is 0 Å². The van der Waals surface area contributed by atoms with Crippen LogP contribution in [0.15, 0.2) is 12.2 Å². The number of ether oxygens (including phenoxy) is 2. The highest BCUT2D eigenvalue weighted by Crippen LogP contribution is 1.93. The molecule has 0 aromatic carbocycles. The van der Waals surface area contributed by atoms with Crippen LogP contribution in [0.1, 0.15) is 26.2 Å². The van der Waals surface area contributed by atoms with Gasteiger partial charge in [0.05, 0.1) is 13.0 Å². The first-order valence-electron chi connectivity index (χ1n) is 4.67. The molecule has 0 saturated heterocycles. The highest BCUT2D eigenvalue weighted by Gasteiger charge is 1.97. The Morgan fingerprint density at radius 2 is 2.14 bits per heavy atom. The number of hydrogen-bond donors (Lipinski definition) is 0. The first-order valence-corrected chi connectivity index (χ1v) is 4.67. The summed E-state index contributed by atoms with van der Waals surface area (Å²) in [4.78, 5) is 20.7. The number of carbonyl (C=O) groups excluding carboxylic acids is 2. The van der Waals surface area contributed by atoms with Gasteiger partial charge in [-0.05, 0) is 6.42 Å². The molecule has 0 aliphatic carbocycles. The van der Waals surface area contributed by atoms with E-state index in [4.69, 9.17) is 4.74 Å². The minimum absolute atomic E-state index is 0.200. The van der Waals surface area contributed by atoms with Crippen molar-refractivity contribution in [2.75, 3.05) is 13.2 Å². The average molecular weight is 200 g/mol. The largest absolute Gasteiger partial charge is 0.465 e. The van der Waals surface area contributed by atoms with E-state index < -0.39 is 0 Å². The van der Waals surface area contributed by atoms with Gasteiger partial charge >= 0.3 is 5.97 Å². The number of hydrogen-bond acceptors (Lipinski definition) is 4. The molecule has 0 rings (SSSR count). The van der Waals surface area contributed by atoms with Crippen LogP contribution in [0.5, 0.6) is 0 Å². The molecule has 4 nitrogen and oxygen atoms in total. The third-order valence-electron chi connectivity index (χ3n) is 1.47. The van der Waals surface area contributed by atoms with Crippen molar-refractivity contribution in [3.8, 4) is 0 Å². The molecule has 80 valence electrons. The van der Waals surface area contributed by atoms with Crippen molar-refractivity contribution in [1.82, 2.24) is 0 Å². The van der Waals surface area contributed by atoms with Crippen LogP contribution in [0.2, 0.25) is 0 Å². The fraction of sp³-hybridized carbons (Fsp3) is 0.600. The van der Waals surface area contributed by atoms with Gasteiger partial charge in [-0.15, -0.1) is 0 Å². The van der Waals surface area contributed by atoms with Gasteiger partial charge in [-0.2, -0.15) is 0 Å². The molecule has 0 saturated carbocycles. The Balaban J connectivity index is 3.33. The standard InChI is InChI=1S/C10H16O4/c1-2-3-8-14-10(12)6-4-5-7-13-9-11/h4-5,9H,2-3,6-8H2,1H3. The lowest BCUT2D eigenvalue weighted by Crippen LogP contribution is -2.04. The maximum Gasteiger partial charge on any atom is 0.309 e. The molecule has 0 heterocycles. The zero-order valence-corrected chi connectivity index (χ0v) is 8.40. The summed E-state index contributed by atoms with van der Waals surface area (Å²) in [6.45, 7) is 3.08. The van der Waals surface area contributed by atoms with Gasteiger partial charge in [-0.25, -0.2) is 0 Å². The van der Waals surface area contributed by atoms with E-state index in [0.29, 0.717) is 13.1 Å². The van der Waals surface area contributed by atoms with Crippen LogP contribution in [0.25, 0.3) is 0 Å². The fourth-order valence-corrected chi connectivity index (χ4v) is 0.732. The second-order valence-corrected chi connectivity index (χ2v) is 2.68. The smallest absolute Gasteiger partial charge is 0.309 e. The molecule has 0 unspecified atom stereocenters.